The van der Waals surface area contributed by atoms with Crippen molar-refractivity contribution in [1.82, 2.24) is 0 Å². The number of anilines is 1. The first-order valence-corrected chi connectivity index (χ1v) is 4.71. The second-order valence-electron chi connectivity index (χ2n) is 2.05. The van der Waals surface area contributed by atoms with Crippen LogP contribution >= 0.6 is 34.2 Å². The third-order valence-corrected chi connectivity index (χ3v) is 2.58. The van der Waals surface area contributed by atoms with Crippen LogP contribution in [0.15, 0.2) is 18.2 Å². The van der Waals surface area contributed by atoms with Gasteiger partial charge in [0, 0.05) is 9.45 Å². The highest BCUT2D eigenvalue weighted by atomic mass is 127. The fourth-order valence-corrected chi connectivity index (χ4v) is 1.77. The van der Waals surface area contributed by atoms with E-state index in [2.05, 4.69) is 28.0 Å². The fourth-order valence-electron chi connectivity index (χ4n) is 0.842. The number of alkyl halides is 1. The molecule has 0 aliphatic rings. The fraction of sp³-hybridized carbons (Fsp3) is 0.143. The first kappa shape index (κ1) is 9.09. The largest absolute Gasteiger partial charge is 0.323 e. The van der Waals surface area contributed by atoms with Crippen LogP contribution in [0.1, 0.15) is 5.56 Å². The van der Waals surface area contributed by atoms with E-state index in [9.17, 15) is 0 Å². The molecule has 1 aromatic rings. The summed E-state index contributed by atoms with van der Waals surface area (Å²) in [4.78, 5) is 0. The molecule has 0 atom stereocenters. The minimum Gasteiger partial charge on any atom is -0.323 e. The van der Waals surface area contributed by atoms with Crippen LogP contribution in [-0.2, 0) is 5.88 Å². The second-order valence-corrected chi connectivity index (χ2v) is 3.48. The summed E-state index contributed by atoms with van der Waals surface area (Å²) in [7, 11) is 0. The van der Waals surface area contributed by atoms with Gasteiger partial charge in [-0.1, -0.05) is 12.1 Å². The molecule has 2 nitrogen and oxygen atoms in total. The van der Waals surface area contributed by atoms with E-state index in [1.165, 1.54) is 0 Å². The second kappa shape index (κ2) is 4.13. The van der Waals surface area contributed by atoms with Crippen LogP contribution in [0.5, 0.6) is 0 Å². The molecule has 0 aliphatic heterocycles. The number of hydrogen-bond acceptors (Lipinski definition) is 2. The van der Waals surface area contributed by atoms with Crippen molar-refractivity contribution >= 4 is 39.9 Å². The Balaban J connectivity index is 3.13. The van der Waals surface area contributed by atoms with Crippen molar-refractivity contribution in [3.63, 3.8) is 0 Å². The first-order valence-electron chi connectivity index (χ1n) is 3.09. The molecule has 11 heavy (non-hydrogen) atoms. The Bertz CT molecular complexity index is 252. The number of nitrogens with one attached hydrogen (secondary N) is 1. The molecular weight excluding hydrogens is 274 g/mol. The van der Waals surface area contributed by atoms with Crippen LogP contribution in [-0.4, -0.2) is 0 Å². The van der Waals surface area contributed by atoms with Gasteiger partial charge in [-0.3, -0.25) is 5.84 Å². The van der Waals surface area contributed by atoms with E-state index < -0.39 is 0 Å². The van der Waals surface area contributed by atoms with Crippen LogP contribution in [0.3, 0.4) is 0 Å². The molecule has 0 saturated heterocycles. The van der Waals surface area contributed by atoms with Crippen molar-refractivity contribution in [3.05, 3.63) is 27.3 Å². The van der Waals surface area contributed by atoms with Crippen LogP contribution in [0, 0.1) is 3.57 Å². The predicted molar refractivity (Wildman–Crippen MR) is 56.5 cm³/mol. The van der Waals surface area contributed by atoms with Gasteiger partial charge in [0.05, 0.1) is 5.69 Å². The average molecular weight is 283 g/mol. The summed E-state index contributed by atoms with van der Waals surface area (Å²) in [5.74, 6) is 5.80. The van der Waals surface area contributed by atoms with Crippen LogP contribution in [0.4, 0.5) is 5.69 Å². The number of rotatable bonds is 2. The van der Waals surface area contributed by atoms with Gasteiger partial charge >= 0.3 is 0 Å². The molecule has 0 amide bonds. The third-order valence-electron chi connectivity index (χ3n) is 1.39. The van der Waals surface area contributed by atoms with E-state index in [1.807, 2.05) is 18.2 Å². The molecule has 60 valence electrons. The number of hydrazine groups is 1. The van der Waals surface area contributed by atoms with Gasteiger partial charge in [0.2, 0.25) is 0 Å². The summed E-state index contributed by atoms with van der Waals surface area (Å²) in [6.07, 6.45) is 0. The maximum Gasteiger partial charge on any atom is 0.0663 e. The Kier molecular flexibility index (Phi) is 3.42. The quantitative estimate of drug-likeness (QED) is 0.378. The highest BCUT2D eigenvalue weighted by molar-refractivity contribution is 14.1. The normalized spacial score (nSPS) is 9.73. The molecule has 0 aliphatic carbocycles. The zero-order chi connectivity index (χ0) is 8.27. The van der Waals surface area contributed by atoms with Crippen molar-refractivity contribution in [2.75, 3.05) is 5.43 Å². The summed E-state index contributed by atoms with van der Waals surface area (Å²) < 4.78 is 1.09. The third kappa shape index (κ3) is 1.98. The maximum absolute atomic E-state index is 5.68. The Labute approximate surface area is 84.2 Å². The summed E-state index contributed by atoms with van der Waals surface area (Å²) >= 11 is 7.89. The van der Waals surface area contributed by atoms with E-state index in [1.54, 1.807) is 0 Å². The topological polar surface area (TPSA) is 38.0 Å². The van der Waals surface area contributed by atoms with Gasteiger partial charge in [-0.25, -0.2) is 0 Å². The van der Waals surface area contributed by atoms with Gasteiger partial charge in [-0.15, -0.1) is 11.6 Å². The number of hydrogen-bond donors (Lipinski definition) is 2. The molecule has 0 spiro atoms. The predicted octanol–water partition coefficient (Wildman–Crippen LogP) is 2.32. The Morgan fingerprint density at radius 3 is 2.73 bits per heavy atom. The summed E-state index contributed by atoms with van der Waals surface area (Å²) in [6, 6.07) is 5.89. The van der Waals surface area contributed by atoms with Crippen molar-refractivity contribution in [2.24, 2.45) is 5.84 Å². The van der Waals surface area contributed by atoms with Crippen molar-refractivity contribution in [3.8, 4) is 0 Å². The molecule has 1 aromatic carbocycles. The van der Waals surface area contributed by atoms with Crippen LogP contribution in [0.2, 0.25) is 0 Å². The van der Waals surface area contributed by atoms with Crippen LogP contribution < -0.4 is 11.3 Å². The van der Waals surface area contributed by atoms with Crippen molar-refractivity contribution < 1.29 is 0 Å². The molecule has 3 N–H and O–H groups in total. The highest BCUT2D eigenvalue weighted by Crippen LogP contribution is 2.22. The van der Waals surface area contributed by atoms with Gasteiger partial charge in [0.1, 0.15) is 0 Å². The van der Waals surface area contributed by atoms with Gasteiger partial charge in [-0.2, -0.15) is 0 Å². The molecule has 0 bridgehead atoms. The van der Waals surface area contributed by atoms with Crippen LogP contribution in [0.25, 0.3) is 0 Å². The smallest absolute Gasteiger partial charge is 0.0663 e. The zero-order valence-electron chi connectivity index (χ0n) is 5.77. The number of nitrogens with two attached hydrogens (primary N) is 1. The minimum absolute atomic E-state index is 0.483. The molecule has 0 heterocycles. The Morgan fingerprint density at radius 2 is 2.27 bits per heavy atom. The number of benzene rings is 1. The molecule has 0 radical (unpaired) electrons. The lowest BCUT2D eigenvalue weighted by atomic mass is 10.2. The molecule has 0 fully saturated rings. The number of halogens is 2. The molecule has 1 rings (SSSR count). The van der Waals surface area contributed by atoms with E-state index in [0.29, 0.717) is 5.88 Å². The average Bonchev–Trinajstić information content (AvgIpc) is 2.04. The van der Waals surface area contributed by atoms with E-state index in [0.717, 1.165) is 14.8 Å². The molecule has 0 unspecified atom stereocenters. The number of nitrogen functional groups attached to an aromatic ring is 1. The van der Waals surface area contributed by atoms with E-state index in [-0.39, 0.29) is 0 Å². The Hall–Kier alpha value is -0.0000000000000000555. The van der Waals surface area contributed by atoms with Gasteiger partial charge in [0.15, 0.2) is 0 Å². The highest BCUT2D eigenvalue weighted by Gasteiger charge is 2.02. The maximum atomic E-state index is 5.68. The molecule has 0 saturated carbocycles. The summed E-state index contributed by atoms with van der Waals surface area (Å²) in [6.45, 7) is 0. The lowest BCUT2D eigenvalue weighted by Crippen LogP contribution is -2.10. The standard InChI is InChI=1S/C7H8ClIN2/c8-4-5-2-1-3-6(9)7(5)11-10/h1-3,11H,4,10H2. The zero-order valence-corrected chi connectivity index (χ0v) is 8.69. The number of para-hydroxylation sites is 1. The summed E-state index contributed by atoms with van der Waals surface area (Å²) in [5, 5.41) is 0. The van der Waals surface area contributed by atoms with Gasteiger partial charge < -0.3 is 5.43 Å². The minimum atomic E-state index is 0.483. The van der Waals surface area contributed by atoms with E-state index >= 15 is 0 Å². The van der Waals surface area contributed by atoms with Gasteiger partial charge in [-0.05, 0) is 34.2 Å². The SMILES string of the molecule is NNc1c(I)cccc1CCl. The summed E-state index contributed by atoms with van der Waals surface area (Å²) in [5.41, 5.74) is 4.57. The lowest BCUT2D eigenvalue weighted by molar-refractivity contribution is 1.28. The van der Waals surface area contributed by atoms with E-state index in [4.69, 9.17) is 17.4 Å². The first-order chi connectivity index (χ1) is 5.29. The molecular formula is C7H8ClIN2. The van der Waals surface area contributed by atoms with Gasteiger partial charge in [0.25, 0.3) is 0 Å². The molecule has 0 aromatic heterocycles. The lowest BCUT2D eigenvalue weighted by Gasteiger charge is -2.07. The van der Waals surface area contributed by atoms with Crippen molar-refractivity contribution in [1.29, 1.82) is 0 Å². The molecule has 4 heteroatoms. The monoisotopic (exact) mass is 282 g/mol. The Morgan fingerprint density at radius 1 is 1.55 bits per heavy atom. The van der Waals surface area contributed by atoms with Crippen molar-refractivity contribution in [2.45, 2.75) is 5.88 Å².